The van der Waals surface area contributed by atoms with Gasteiger partial charge in [-0.1, -0.05) is 11.6 Å². The molecule has 2 aromatic rings. The van der Waals surface area contributed by atoms with E-state index in [1.165, 1.54) is 13.2 Å². The first-order chi connectivity index (χ1) is 11.6. The van der Waals surface area contributed by atoms with Crippen LogP contribution in [0.3, 0.4) is 0 Å². The molecule has 3 rings (SSSR count). The van der Waals surface area contributed by atoms with Crippen LogP contribution < -0.4 is 19.6 Å². The zero-order valence-corrected chi connectivity index (χ0v) is 13.9. The molecule has 24 heavy (non-hydrogen) atoms. The van der Waals surface area contributed by atoms with Crippen molar-refractivity contribution in [3.8, 4) is 17.2 Å². The van der Waals surface area contributed by atoms with Crippen LogP contribution in [0.2, 0.25) is 5.02 Å². The molecule has 0 radical (unpaired) electrons. The Kier molecular flexibility index (Phi) is 4.57. The Hall–Kier alpha value is -2.73. The van der Waals surface area contributed by atoms with E-state index < -0.39 is 5.91 Å². The molecule has 1 heterocycles. The SMILES string of the molecule is COc1ccc(Cl)cc1C(=O)N/N=C(\C)c1ccc2c(c1)OCO2. The molecule has 0 spiro atoms. The summed E-state index contributed by atoms with van der Waals surface area (Å²) in [5.41, 5.74) is 4.26. The van der Waals surface area contributed by atoms with Crippen molar-refractivity contribution in [1.82, 2.24) is 5.43 Å². The first-order valence-electron chi connectivity index (χ1n) is 7.16. The summed E-state index contributed by atoms with van der Waals surface area (Å²) in [6.07, 6.45) is 0. The minimum atomic E-state index is -0.408. The first kappa shape index (κ1) is 16.1. The maximum Gasteiger partial charge on any atom is 0.275 e. The molecule has 0 atom stereocenters. The molecule has 124 valence electrons. The number of rotatable bonds is 4. The topological polar surface area (TPSA) is 69.2 Å². The normalized spacial score (nSPS) is 12.9. The average molecular weight is 347 g/mol. The van der Waals surface area contributed by atoms with Crippen molar-refractivity contribution in [2.24, 2.45) is 5.10 Å². The van der Waals surface area contributed by atoms with Gasteiger partial charge in [0, 0.05) is 10.6 Å². The number of carbonyl (C=O) groups is 1. The van der Waals surface area contributed by atoms with Gasteiger partial charge >= 0.3 is 0 Å². The summed E-state index contributed by atoms with van der Waals surface area (Å²) in [6.45, 7) is 1.99. The molecule has 1 aliphatic rings. The van der Waals surface area contributed by atoms with Crippen molar-refractivity contribution in [2.45, 2.75) is 6.92 Å². The third-order valence-corrected chi connectivity index (χ3v) is 3.76. The highest BCUT2D eigenvalue weighted by molar-refractivity contribution is 6.31. The van der Waals surface area contributed by atoms with Crippen molar-refractivity contribution in [1.29, 1.82) is 0 Å². The zero-order chi connectivity index (χ0) is 17.1. The second-order valence-electron chi connectivity index (χ2n) is 5.05. The molecule has 7 heteroatoms. The van der Waals surface area contributed by atoms with Crippen LogP contribution in [-0.4, -0.2) is 25.5 Å². The Morgan fingerprint density at radius 2 is 2.00 bits per heavy atom. The average Bonchev–Trinajstić information content (AvgIpc) is 3.06. The maximum absolute atomic E-state index is 12.3. The third-order valence-electron chi connectivity index (χ3n) is 3.52. The highest BCUT2D eigenvalue weighted by atomic mass is 35.5. The van der Waals surface area contributed by atoms with E-state index in [1.54, 1.807) is 25.1 Å². The fourth-order valence-electron chi connectivity index (χ4n) is 2.24. The van der Waals surface area contributed by atoms with Crippen LogP contribution in [0.5, 0.6) is 17.2 Å². The lowest BCUT2D eigenvalue weighted by Crippen LogP contribution is -2.20. The highest BCUT2D eigenvalue weighted by Crippen LogP contribution is 2.32. The minimum absolute atomic E-state index is 0.209. The number of ether oxygens (including phenoxy) is 3. The Morgan fingerprint density at radius 3 is 2.79 bits per heavy atom. The van der Waals surface area contributed by atoms with E-state index in [2.05, 4.69) is 10.5 Å². The molecule has 1 amide bonds. The van der Waals surface area contributed by atoms with E-state index in [9.17, 15) is 4.79 Å². The molecule has 0 unspecified atom stereocenters. The standard InChI is InChI=1S/C17H15ClN2O4/c1-10(11-3-5-15-16(7-11)24-9-23-15)19-20-17(21)13-8-12(18)4-6-14(13)22-2/h3-8H,9H2,1-2H3,(H,20,21)/b19-10+. The van der Waals surface area contributed by atoms with Gasteiger partial charge in [-0.2, -0.15) is 5.10 Å². The number of hydrogen-bond acceptors (Lipinski definition) is 5. The highest BCUT2D eigenvalue weighted by Gasteiger charge is 2.15. The van der Waals surface area contributed by atoms with E-state index in [1.807, 2.05) is 12.1 Å². The predicted octanol–water partition coefficient (Wildman–Crippen LogP) is 3.23. The van der Waals surface area contributed by atoms with Crippen LogP contribution in [-0.2, 0) is 0 Å². The van der Waals surface area contributed by atoms with Gasteiger partial charge in [0.15, 0.2) is 11.5 Å². The number of methoxy groups -OCH3 is 1. The summed E-state index contributed by atoms with van der Waals surface area (Å²) in [5, 5.41) is 4.57. The molecular formula is C17H15ClN2O4. The lowest BCUT2D eigenvalue weighted by Gasteiger charge is -2.08. The molecule has 1 N–H and O–H groups in total. The second kappa shape index (κ2) is 6.80. The quantitative estimate of drug-likeness (QED) is 0.681. The van der Waals surface area contributed by atoms with Crippen molar-refractivity contribution < 1.29 is 19.0 Å². The van der Waals surface area contributed by atoms with Crippen LogP contribution in [0.15, 0.2) is 41.5 Å². The Balaban J connectivity index is 1.77. The molecule has 0 saturated carbocycles. The van der Waals surface area contributed by atoms with E-state index >= 15 is 0 Å². The summed E-state index contributed by atoms with van der Waals surface area (Å²) in [7, 11) is 1.49. The largest absolute Gasteiger partial charge is 0.496 e. The molecule has 0 saturated heterocycles. The van der Waals surface area contributed by atoms with Crippen LogP contribution in [0, 0.1) is 0 Å². The molecule has 0 bridgehead atoms. The molecule has 6 nitrogen and oxygen atoms in total. The van der Waals surface area contributed by atoms with Gasteiger partial charge in [-0.15, -0.1) is 0 Å². The summed E-state index contributed by atoms with van der Waals surface area (Å²) < 4.78 is 15.8. The van der Waals surface area contributed by atoms with E-state index in [0.29, 0.717) is 33.5 Å². The van der Waals surface area contributed by atoms with Gasteiger partial charge in [-0.05, 0) is 43.3 Å². The Bertz CT molecular complexity index is 820. The summed E-state index contributed by atoms with van der Waals surface area (Å²) >= 11 is 5.93. The lowest BCUT2D eigenvalue weighted by molar-refractivity contribution is 0.0952. The maximum atomic E-state index is 12.3. The molecule has 2 aromatic carbocycles. The molecule has 0 aliphatic carbocycles. The fourth-order valence-corrected chi connectivity index (χ4v) is 2.41. The third kappa shape index (κ3) is 3.28. The van der Waals surface area contributed by atoms with E-state index in [0.717, 1.165) is 5.56 Å². The number of hydrazone groups is 1. The molecule has 0 fully saturated rings. The van der Waals surface area contributed by atoms with Crippen LogP contribution in [0.25, 0.3) is 0 Å². The van der Waals surface area contributed by atoms with Gasteiger partial charge < -0.3 is 14.2 Å². The monoisotopic (exact) mass is 346 g/mol. The van der Waals surface area contributed by atoms with Gasteiger partial charge in [-0.25, -0.2) is 5.43 Å². The van der Waals surface area contributed by atoms with Crippen molar-refractivity contribution in [3.63, 3.8) is 0 Å². The number of carbonyl (C=O) groups excluding carboxylic acids is 1. The number of nitrogens with one attached hydrogen (secondary N) is 1. The molecular weight excluding hydrogens is 332 g/mol. The van der Waals surface area contributed by atoms with E-state index in [-0.39, 0.29) is 6.79 Å². The van der Waals surface area contributed by atoms with E-state index in [4.69, 9.17) is 25.8 Å². The van der Waals surface area contributed by atoms with Crippen molar-refractivity contribution in [3.05, 3.63) is 52.5 Å². The smallest absolute Gasteiger partial charge is 0.275 e. The number of hydrogen-bond donors (Lipinski definition) is 1. The van der Waals surface area contributed by atoms with Gasteiger partial charge in [0.1, 0.15) is 5.75 Å². The van der Waals surface area contributed by atoms with Gasteiger partial charge in [-0.3, -0.25) is 4.79 Å². The summed E-state index contributed by atoms with van der Waals surface area (Å²) in [4.78, 5) is 12.3. The lowest BCUT2D eigenvalue weighted by atomic mass is 10.1. The number of halogens is 1. The van der Waals surface area contributed by atoms with Crippen LogP contribution >= 0.6 is 11.6 Å². The first-order valence-corrected chi connectivity index (χ1v) is 7.54. The zero-order valence-electron chi connectivity index (χ0n) is 13.1. The molecule has 0 aromatic heterocycles. The Labute approximate surface area is 144 Å². The van der Waals surface area contributed by atoms with Gasteiger partial charge in [0.05, 0.1) is 18.4 Å². The summed E-state index contributed by atoms with van der Waals surface area (Å²) in [5.74, 6) is 1.37. The Morgan fingerprint density at radius 1 is 1.21 bits per heavy atom. The van der Waals surface area contributed by atoms with Crippen LogP contribution in [0.4, 0.5) is 0 Å². The van der Waals surface area contributed by atoms with Gasteiger partial charge in [0.2, 0.25) is 6.79 Å². The minimum Gasteiger partial charge on any atom is -0.496 e. The predicted molar refractivity (Wildman–Crippen MR) is 90.2 cm³/mol. The summed E-state index contributed by atoms with van der Waals surface area (Å²) in [6, 6.07) is 10.3. The number of fused-ring (bicyclic) bond motifs is 1. The number of nitrogens with zero attached hydrogens (tertiary/aromatic N) is 1. The van der Waals surface area contributed by atoms with Gasteiger partial charge in [0.25, 0.3) is 5.91 Å². The van der Waals surface area contributed by atoms with Crippen molar-refractivity contribution >= 4 is 23.2 Å². The number of amides is 1. The van der Waals surface area contributed by atoms with Crippen molar-refractivity contribution in [2.75, 3.05) is 13.9 Å². The molecule has 1 aliphatic heterocycles. The second-order valence-corrected chi connectivity index (χ2v) is 5.49. The van der Waals surface area contributed by atoms with Crippen LogP contribution in [0.1, 0.15) is 22.8 Å². The number of benzene rings is 2. The fraction of sp³-hybridized carbons (Fsp3) is 0.176.